The van der Waals surface area contributed by atoms with Gasteiger partial charge in [-0.1, -0.05) is 30.2 Å². The first-order valence-corrected chi connectivity index (χ1v) is 6.93. The zero-order valence-electron chi connectivity index (χ0n) is 11.6. The zero-order valence-corrected chi connectivity index (χ0v) is 11.6. The summed E-state index contributed by atoms with van der Waals surface area (Å²) in [6, 6.07) is 7.36. The Balaban J connectivity index is 1.87. The Labute approximate surface area is 120 Å². The van der Waals surface area contributed by atoms with Crippen LogP contribution in [0.15, 0.2) is 30.3 Å². The summed E-state index contributed by atoms with van der Waals surface area (Å²) >= 11 is 0. The van der Waals surface area contributed by atoms with Crippen molar-refractivity contribution < 1.29 is 4.79 Å². The molecule has 0 saturated carbocycles. The van der Waals surface area contributed by atoms with Gasteiger partial charge in [0.1, 0.15) is 0 Å². The Morgan fingerprint density at radius 3 is 2.55 bits per heavy atom. The van der Waals surface area contributed by atoms with Crippen molar-refractivity contribution in [1.82, 2.24) is 4.90 Å². The van der Waals surface area contributed by atoms with Crippen LogP contribution in [0.4, 0.5) is 0 Å². The topological polar surface area (TPSA) is 46.3 Å². The van der Waals surface area contributed by atoms with Crippen molar-refractivity contribution in [3.8, 4) is 12.3 Å². The van der Waals surface area contributed by atoms with Crippen LogP contribution in [-0.2, 0) is 0 Å². The average molecular weight is 268 g/mol. The normalized spacial score (nSPS) is 17.1. The number of likely N-dealkylation sites (tertiary alicyclic amines) is 1. The molecular weight excluding hydrogens is 248 g/mol. The highest BCUT2D eigenvalue weighted by Gasteiger charge is 2.15. The van der Waals surface area contributed by atoms with E-state index in [4.69, 9.17) is 12.2 Å². The molecule has 0 bridgehead atoms. The van der Waals surface area contributed by atoms with Crippen LogP contribution in [-0.4, -0.2) is 30.4 Å². The first-order chi connectivity index (χ1) is 9.69. The fraction of sp³-hybridized carbons (Fsp3) is 0.353. The van der Waals surface area contributed by atoms with E-state index in [1.165, 1.54) is 0 Å². The second-order valence-corrected chi connectivity index (χ2v) is 5.16. The van der Waals surface area contributed by atoms with Crippen LogP contribution < -0.4 is 5.73 Å². The van der Waals surface area contributed by atoms with Gasteiger partial charge < -0.3 is 5.73 Å². The third kappa shape index (κ3) is 3.97. The third-order valence-corrected chi connectivity index (χ3v) is 3.70. The van der Waals surface area contributed by atoms with Crippen molar-refractivity contribution in [3.05, 3.63) is 41.5 Å². The Bertz CT molecular complexity index is 517. The summed E-state index contributed by atoms with van der Waals surface area (Å²) < 4.78 is 0. The smallest absolute Gasteiger partial charge is 0.248 e. The molecule has 0 spiro atoms. The molecule has 0 atom stereocenters. The minimum absolute atomic E-state index is 0.388. The first kappa shape index (κ1) is 14.4. The lowest BCUT2D eigenvalue weighted by atomic mass is 9.95. The fourth-order valence-electron chi connectivity index (χ4n) is 2.44. The zero-order chi connectivity index (χ0) is 14.4. The molecule has 104 valence electrons. The van der Waals surface area contributed by atoms with Gasteiger partial charge in [-0.15, -0.1) is 6.42 Å². The molecule has 1 heterocycles. The van der Waals surface area contributed by atoms with Crippen molar-refractivity contribution in [2.45, 2.75) is 12.8 Å². The number of carbonyl (C=O) groups is 1. The van der Waals surface area contributed by atoms with Gasteiger partial charge in [-0.2, -0.15) is 0 Å². The lowest BCUT2D eigenvalue weighted by molar-refractivity contribution is 0.100. The van der Waals surface area contributed by atoms with Crippen LogP contribution >= 0.6 is 0 Å². The summed E-state index contributed by atoms with van der Waals surface area (Å²) in [5, 5.41) is 0. The number of nitrogens with two attached hydrogens (primary N) is 1. The molecule has 2 rings (SSSR count). The molecule has 1 amide bonds. The number of carbonyl (C=O) groups excluding carboxylic acids is 1. The van der Waals surface area contributed by atoms with Crippen LogP contribution in [0, 0.1) is 18.3 Å². The number of piperidine rings is 1. The molecule has 1 aromatic carbocycles. The summed E-state index contributed by atoms with van der Waals surface area (Å²) in [5.41, 5.74) is 6.86. The summed E-state index contributed by atoms with van der Waals surface area (Å²) in [6.45, 7) is 2.89. The Kier molecular flexibility index (Phi) is 4.97. The molecule has 0 aliphatic carbocycles. The lowest BCUT2D eigenvalue weighted by Gasteiger charge is -2.28. The van der Waals surface area contributed by atoms with E-state index in [1.807, 2.05) is 12.1 Å². The SMILES string of the molecule is C#CCN1CCC(/C=C/c2ccc(C(N)=O)cc2)CC1. The van der Waals surface area contributed by atoms with Crippen molar-refractivity contribution in [1.29, 1.82) is 0 Å². The summed E-state index contributed by atoms with van der Waals surface area (Å²) in [7, 11) is 0. The van der Waals surface area contributed by atoms with E-state index in [-0.39, 0.29) is 5.91 Å². The molecule has 1 saturated heterocycles. The van der Waals surface area contributed by atoms with Gasteiger partial charge in [0, 0.05) is 5.56 Å². The van der Waals surface area contributed by atoms with Crippen molar-refractivity contribution in [2.24, 2.45) is 11.7 Å². The Hall–Kier alpha value is -2.05. The van der Waals surface area contributed by atoms with Crippen molar-refractivity contribution in [2.75, 3.05) is 19.6 Å². The molecule has 3 heteroatoms. The molecule has 1 fully saturated rings. The van der Waals surface area contributed by atoms with Crippen LogP contribution in [0.2, 0.25) is 0 Å². The number of hydrogen-bond acceptors (Lipinski definition) is 2. The molecule has 3 nitrogen and oxygen atoms in total. The predicted molar refractivity (Wildman–Crippen MR) is 82.0 cm³/mol. The van der Waals surface area contributed by atoms with E-state index in [0.29, 0.717) is 11.5 Å². The van der Waals surface area contributed by atoms with Gasteiger partial charge in [-0.25, -0.2) is 0 Å². The van der Waals surface area contributed by atoms with Gasteiger partial charge >= 0.3 is 0 Å². The van der Waals surface area contributed by atoms with Gasteiger partial charge in [0.2, 0.25) is 5.91 Å². The van der Waals surface area contributed by atoms with Crippen LogP contribution in [0.3, 0.4) is 0 Å². The molecule has 20 heavy (non-hydrogen) atoms. The highest BCUT2D eigenvalue weighted by molar-refractivity contribution is 5.92. The summed E-state index contributed by atoms with van der Waals surface area (Å²) in [4.78, 5) is 13.3. The summed E-state index contributed by atoms with van der Waals surface area (Å²) in [6.07, 6.45) is 12.0. The molecule has 0 radical (unpaired) electrons. The maximum absolute atomic E-state index is 11.0. The number of rotatable bonds is 4. The van der Waals surface area contributed by atoms with Gasteiger partial charge in [-0.05, 0) is 49.5 Å². The quantitative estimate of drug-likeness (QED) is 0.850. The highest BCUT2D eigenvalue weighted by atomic mass is 16.1. The van der Waals surface area contributed by atoms with Gasteiger partial charge in [-0.3, -0.25) is 9.69 Å². The van der Waals surface area contributed by atoms with Gasteiger partial charge in [0.25, 0.3) is 0 Å². The van der Waals surface area contributed by atoms with E-state index in [1.54, 1.807) is 12.1 Å². The molecule has 1 aliphatic heterocycles. The lowest BCUT2D eigenvalue weighted by Crippen LogP contribution is -2.33. The predicted octanol–water partition coefficient (Wildman–Crippen LogP) is 2.14. The van der Waals surface area contributed by atoms with Gasteiger partial charge in [0.05, 0.1) is 6.54 Å². The average Bonchev–Trinajstić information content (AvgIpc) is 2.47. The van der Waals surface area contributed by atoms with Crippen molar-refractivity contribution in [3.63, 3.8) is 0 Å². The third-order valence-electron chi connectivity index (χ3n) is 3.70. The molecular formula is C17H20N2O. The highest BCUT2D eigenvalue weighted by Crippen LogP contribution is 2.19. The molecule has 0 unspecified atom stereocenters. The summed E-state index contributed by atoms with van der Waals surface area (Å²) in [5.74, 6) is 2.92. The molecule has 2 N–H and O–H groups in total. The monoisotopic (exact) mass is 268 g/mol. The largest absolute Gasteiger partial charge is 0.366 e. The minimum atomic E-state index is -0.388. The number of nitrogens with zero attached hydrogens (tertiary/aromatic N) is 1. The van der Waals surface area contributed by atoms with Crippen LogP contribution in [0.5, 0.6) is 0 Å². The number of primary amides is 1. The standard InChI is InChI=1S/C17H20N2O/c1-2-11-19-12-9-15(10-13-19)4-3-14-5-7-16(8-6-14)17(18)20/h1,3-8,15H,9-13H2,(H2,18,20)/b4-3+. The number of benzene rings is 1. The maximum Gasteiger partial charge on any atom is 0.248 e. The Morgan fingerprint density at radius 2 is 2.00 bits per heavy atom. The van der Waals surface area contributed by atoms with E-state index in [2.05, 4.69) is 23.0 Å². The number of hydrogen-bond donors (Lipinski definition) is 1. The van der Waals surface area contributed by atoms with Crippen LogP contribution in [0.25, 0.3) is 6.08 Å². The van der Waals surface area contributed by atoms with E-state index >= 15 is 0 Å². The molecule has 1 aliphatic rings. The fourth-order valence-corrected chi connectivity index (χ4v) is 2.44. The Morgan fingerprint density at radius 1 is 1.35 bits per heavy atom. The second-order valence-electron chi connectivity index (χ2n) is 5.16. The second kappa shape index (κ2) is 6.93. The number of amides is 1. The molecule has 1 aromatic rings. The van der Waals surface area contributed by atoms with E-state index in [9.17, 15) is 4.79 Å². The van der Waals surface area contributed by atoms with E-state index < -0.39 is 0 Å². The maximum atomic E-state index is 11.0. The van der Waals surface area contributed by atoms with Crippen LogP contribution in [0.1, 0.15) is 28.8 Å². The minimum Gasteiger partial charge on any atom is -0.366 e. The van der Waals surface area contributed by atoms with E-state index in [0.717, 1.165) is 38.0 Å². The van der Waals surface area contributed by atoms with Crippen molar-refractivity contribution >= 4 is 12.0 Å². The molecule has 0 aromatic heterocycles. The number of terminal acetylenes is 1. The number of allylic oxidation sites excluding steroid dienone is 1. The first-order valence-electron chi connectivity index (χ1n) is 6.93. The van der Waals surface area contributed by atoms with Gasteiger partial charge in [0.15, 0.2) is 0 Å².